The molecule has 0 saturated carbocycles. The number of phenols is 1. The Hall–Kier alpha value is -6.86. The van der Waals surface area contributed by atoms with Crippen LogP contribution in [-0.2, 0) is 21.7 Å². The van der Waals surface area contributed by atoms with Crippen molar-refractivity contribution in [3.63, 3.8) is 0 Å². The van der Waals surface area contributed by atoms with E-state index in [-0.39, 0.29) is 27.4 Å². The molecule has 0 aliphatic carbocycles. The van der Waals surface area contributed by atoms with E-state index >= 15 is 0 Å². The third-order valence-corrected chi connectivity index (χ3v) is 12.5. The Labute approximate surface area is 383 Å². The highest BCUT2D eigenvalue weighted by Crippen LogP contribution is 2.45. The van der Waals surface area contributed by atoms with Gasteiger partial charge in [0.2, 0.25) is 0 Å². The predicted octanol–water partition coefficient (Wildman–Crippen LogP) is 14.7. The van der Waals surface area contributed by atoms with Gasteiger partial charge in [-0.05, 0) is 98.5 Å². The van der Waals surface area contributed by atoms with Crippen LogP contribution in [0.5, 0.6) is 5.75 Å². The van der Waals surface area contributed by atoms with E-state index in [1.807, 2.05) is 24.3 Å². The zero-order valence-corrected chi connectivity index (χ0v) is 39.9. The van der Waals surface area contributed by atoms with Crippen molar-refractivity contribution in [2.75, 3.05) is 0 Å². The molecule has 0 amide bonds. The maximum atomic E-state index is 12.4. The molecule has 6 aromatic carbocycles. The van der Waals surface area contributed by atoms with E-state index in [2.05, 4.69) is 203 Å². The standard InChI is InChI=1S/C58H60N6O/c1-55(2,3)38-31-39(56(4,5)6)33-41(32-38)64-61-48-29-28-37(30-49(48)62-64)46-24-19-25-47(59-46)43-23-18-27-51-52(43)60-54(44-34-40(57(7,8)9)35-45(53(44)65)58(10,11)12)63(51)50-26-17-16-22-42(50)36-20-14-13-15-21-36/h13-35,65H,1-12H3. The molecule has 0 fully saturated rings. The Kier molecular flexibility index (Phi) is 10.5. The molecular formula is C58H60N6O. The molecule has 328 valence electrons. The minimum Gasteiger partial charge on any atom is -0.507 e. The van der Waals surface area contributed by atoms with Crippen LogP contribution in [0.4, 0.5) is 0 Å². The molecule has 3 aromatic heterocycles. The maximum Gasteiger partial charge on any atom is 0.149 e. The first kappa shape index (κ1) is 43.4. The van der Waals surface area contributed by atoms with Crippen LogP contribution in [0, 0.1) is 0 Å². The number of pyridine rings is 1. The first-order valence-electron chi connectivity index (χ1n) is 22.7. The van der Waals surface area contributed by atoms with Crippen molar-refractivity contribution < 1.29 is 5.11 Å². The van der Waals surface area contributed by atoms with E-state index in [4.69, 9.17) is 20.2 Å². The van der Waals surface area contributed by atoms with E-state index in [1.165, 1.54) is 11.1 Å². The first-order valence-corrected chi connectivity index (χ1v) is 22.7. The van der Waals surface area contributed by atoms with Crippen molar-refractivity contribution in [3.05, 3.63) is 162 Å². The van der Waals surface area contributed by atoms with Crippen LogP contribution in [0.3, 0.4) is 0 Å². The van der Waals surface area contributed by atoms with Crippen molar-refractivity contribution >= 4 is 22.1 Å². The number of fused-ring (bicyclic) bond motifs is 2. The van der Waals surface area contributed by atoms with Crippen molar-refractivity contribution in [2.24, 2.45) is 0 Å². The molecule has 0 saturated heterocycles. The van der Waals surface area contributed by atoms with Crippen LogP contribution < -0.4 is 0 Å². The smallest absolute Gasteiger partial charge is 0.149 e. The Morgan fingerprint density at radius 1 is 0.446 bits per heavy atom. The highest BCUT2D eigenvalue weighted by atomic mass is 16.3. The normalized spacial score (nSPS) is 12.7. The van der Waals surface area contributed by atoms with Gasteiger partial charge in [0.1, 0.15) is 22.6 Å². The summed E-state index contributed by atoms with van der Waals surface area (Å²) < 4.78 is 2.22. The summed E-state index contributed by atoms with van der Waals surface area (Å²) >= 11 is 0. The monoisotopic (exact) mass is 856 g/mol. The molecule has 1 N–H and O–H groups in total. The highest BCUT2D eigenvalue weighted by molar-refractivity contribution is 5.96. The van der Waals surface area contributed by atoms with Gasteiger partial charge < -0.3 is 5.11 Å². The molecule has 0 atom stereocenters. The minimum atomic E-state index is -0.321. The number of para-hydroxylation sites is 2. The van der Waals surface area contributed by atoms with Crippen molar-refractivity contribution in [3.8, 4) is 62.2 Å². The topological polar surface area (TPSA) is 81.6 Å². The van der Waals surface area contributed by atoms with Gasteiger partial charge in [0.15, 0.2) is 0 Å². The van der Waals surface area contributed by atoms with E-state index in [1.54, 1.807) is 4.80 Å². The van der Waals surface area contributed by atoms with Gasteiger partial charge in [-0.15, -0.1) is 10.2 Å². The second-order valence-corrected chi connectivity index (χ2v) is 21.6. The SMILES string of the molecule is CC(C)(C)c1cc(-n2nc3ccc(-c4cccc(-c5cccc6c5nc(-c5cc(C(C)(C)C)cc(C(C)(C)C)c5O)n6-c5ccccc5-c5ccccc5)n4)cc3n2)cc(C(C)(C)C)c1. The third kappa shape index (κ3) is 8.25. The van der Waals surface area contributed by atoms with E-state index in [0.717, 1.165) is 78.2 Å². The van der Waals surface area contributed by atoms with Crippen LogP contribution in [0.2, 0.25) is 0 Å². The average Bonchev–Trinajstić information content (AvgIpc) is 3.87. The van der Waals surface area contributed by atoms with Gasteiger partial charge in [0.05, 0.1) is 39.4 Å². The summed E-state index contributed by atoms with van der Waals surface area (Å²) in [6.07, 6.45) is 0. The quantitative estimate of drug-likeness (QED) is 0.180. The lowest BCUT2D eigenvalue weighted by Gasteiger charge is -2.27. The maximum absolute atomic E-state index is 12.4. The van der Waals surface area contributed by atoms with E-state index in [0.29, 0.717) is 11.4 Å². The summed E-state index contributed by atoms with van der Waals surface area (Å²) in [5, 5.41) is 22.3. The number of hydrogen-bond acceptors (Lipinski definition) is 5. The minimum absolute atomic E-state index is 0.0297. The molecule has 0 radical (unpaired) electrons. The molecule has 9 rings (SSSR count). The summed E-state index contributed by atoms with van der Waals surface area (Å²) in [7, 11) is 0. The summed E-state index contributed by atoms with van der Waals surface area (Å²) in [6.45, 7) is 26.6. The number of hydrogen-bond donors (Lipinski definition) is 1. The molecule has 7 nitrogen and oxygen atoms in total. The van der Waals surface area contributed by atoms with Crippen LogP contribution in [0.25, 0.3) is 78.5 Å². The molecule has 0 unspecified atom stereocenters. The van der Waals surface area contributed by atoms with Crippen LogP contribution >= 0.6 is 0 Å². The Balaban J connectivity index is 1.21. The highest BCUT2D eigenvalue weighted by Gasteiger charge is 2.29. The van der Waals surface area contributed by atoms with Gasteiger partial charge in [-0.2, -0.15) is 4.80 Å². The molecule has 65 heavy (non-hydrogen) atoms. The lowest BCUT2D eigenvalue weighted by molar-refractivity contribution is 0.446. The second kappa shape index (κ2) is 15.7. The molecule has 0 aliphatic rings. The summed E-state index contributed by atoms with van der Waals surface area (Å²) in [6, 6.07) is 48.5. The van der Waals surface area contributed by atoms with Crippen LogP contribution in [0.15, 0.2) is 140 Å². The fourth-order valence-electron chi connectivity index (χ4n) is 8.60. The van der Waals surface area contributed by atoms with Gasteiger partial charge in [0.25, 0.3) is 0 Å². The number of rotatable bonds is 6. The van der Waals surface area contributed by atoms with Crippen LogP contribution in [0.1, 0.15) is 105 Å². The number of benzene rings is 6. The lowest BCUT2D eigenvalue weighted by atomic mass is 9.79. The average molecular weight is 857 g/mol. The zero-order chi connectivity index (χ0) is 46.2. The molecule has 0 aliphatic heterocycles. The Morgan fingerprint density at radius 2 is 1.05 bits per heavy atom. The largest absolute Gasteiger partial charge is 0.507 e. The number of aromatic hydroxyl groups is 1. The van der Waals surface area contributed by atoms with Crippen molar-refractivity contribution in [1.29, 1.82) is 0 Å². The molecule has 7 heteroatoms. The number of nitrogens with zero attached hydrogens (tertiary/aromatic N) is 6. The van der Waals surface area contributed by atoms with E-state index in [9.17, 15) is 5.11 Å². The third-order valence-electron chi connectivity index (χ3n) is 12.5. The number of imidazole rings is 1. The zero-order valence-electron chi connectivity index (χ0n) is 39.9. The van der Waals surface area contributed by atoms with Gasteiger partial charge in [-0.1, -0.05) is 168 Å². The Bertz CT molecular complexity index is 3220. The second-order valence-electron chi connectivity index (χ2n) is 21.6. The molecule has 9 aromatic rings. The predicted molar refractivity (Wildman–Crippen MR) is 269 cm³/mol. The van der Waals surface area contributed by atoms with Gasteiger partial charge in [0, 0.05) is 22.3 Å². The lowest BCUT2D eigenvalue weighted by Crippen LogP contribution is -2.17. The molecule has 0 bridgehead atoms. The van der Waals surface area contributed by atoms with Gasteiger partial charge >= 0.3 is 0 Å². The number of phenolic OH excluding ortho intramolecular Hbond substituents is 1. The summed E-state index contributed by atoms with van der Waals surface area (Å²) in [5.41, 5.74) is 15.5. The fraction of sp³-hybridized carbons (Fsp3) is 0.276. The summed E-state index contributed by atoms with van der Waals surface area (Å²) in [5.74, 6) is 0.905. The van der Waals surface area contributed by atoms with Gasteiger partial charge in [-0.3, -0.25) is 4.57 Å². The molecule has 3 heterocycles. The molecular weight excluding hydrogens is 797 g/mol. The summed E-state index contributed by atoms with van der Waals surface area (Å²) in [4.78, 5) is 12.6. The van der Waals surface area contributed by atoms with Crippen molar-refractivity contribution in [1.82, 2.24) is 29.5 Å². The Morgan fingerprint density at radius 3 is 1.72 bits per heavy atom. The molecule has 0 spiro atoms. The van der Waals surface area contributed by atoms with Crippen molar-refractivity contribution in [2.45, 2.75) is 105 Å². The van der Waals surface area contributed by atoms with E-state index < -0.39 is 0 Å². The first-order chi connectivity index (χ1) is 30.6. The van der Waals surface area contributed by atoms with Crippen LogP contribution in [-0.4, -0.2) is 34.6 Å². The fourth-order valence-corrected chi connectivity index (χ4v) is 8.60. The number of aromatic nitrogens is 6. The van der Waals surface area contributed by atoms with Gasteiger partial charge in [-0.25, -0.2) is 9.97 Å².